The minimum Gasteiger partial charge on any atom is -0.497 e. The molecule has 0 aliphatic carbocycles. The van der Waals surface area contributed by atoms with Gasteiger partial charge >= 0.3 is 0 Å². The average molecular weight is 259 g/mol. The first-order valence-corrected chi connectivity index (χ1v) is 5.51. The zero-order chi connectivity index (χ0) is 11.4. The number of benzene rings is 1. The predicted molar refractivity (Wildman–Crippen MR) is 70.4 cm³/mol. The van der Waals surface area contributed by atoms with Gasteiger partial charge in [0.05, 0.1) is 14.2 Å². The zero-order valence-electron chi connectivity index (χ0n) is 10.2. The summed E-state index contributed by atoms with van der Waals surface area (Å²) in [4.78, 5) is 0. The van der Waals surface area contributed by atoms with Crippen LogP contribution < -0.4 is 20.1 Å². The molecule has 1 heterocycles. The molecule has 1 aromatic carbocycles. The van der Waals surface area contributed by atoms with E-state index in [1.54, 1.807) is 14.2 Å². The van der Waals surface area contributed by atoms with Crippen LogP contribution in [0.25, 0.3) is 0 Å². The highest BCUT2D eigenvalue weighted by atomic mass is 35.5. The second-order valence-electron chi connectivity index (χ2n) is 3.82. The molecule has 17 heavy (non-hydrogen) atoms. The van der Waals surface area contributed by atoms with Crippen molar-refractivity contribution < 1.29 is 9.47 Å². The first-order chi connectivity index (χ1) is 7.85. The third-order valence-corrected chi connectivity index (χ3v) is 2.86. The van der Waals surface area contributed by atoms with Crippen LogP contribution >= 0.6 is 12.4 Å². The smallest absolute Gasteiger partial charge is 0.127 e. The molecule has 0 spiro atoms. The van der Waals surface area contributed by atoms with E-state index in [2.05, 4.69) is 16.7 Å². The summed E-state index contributed by atoms with van der Waals surface area (Å²) in [5, 5.41) is 6.83. The summed E-state index contributed by atoms with van der Waals surface area (Å²) in [7, 11) is 3.35. The van der Waals surface area contributed by atoms with Crippen LogP contribution in [0.15, 0.2) is 18.2 Å². The third kappa shape index (κ3) is 3.25. The Kier molecular flexibility index (Phi) is 5.55. The van der Waals surface area contributed by atoms with Crippen LogP contribution in [-0.2, 0) is 0 Å². The van der Waals surface area contributed by atoms with Gasteiger partial charge in [-0.1, -0.05) is 6.07 Å². The Morgan fingerprint density at radius 3 is 2.59 bits per heavy atom. The molecular formula is C12H19ClN2O2. The molecule has 0 unspecified atom stereocenters. The minimum atomic E-state index is 0. The third-order valence-electron chi connectivity index (χ3n) is 2.86. The molecule has 2 rings (SSSR count). The molecule has 96 valence electrons. The number of methoxy groups -OCH3 is 2. The monoisotopic (exact) mass is 258 g/mol. The molecule has 0 bridgehead atoms. The lowest BCUT2D eigenvalue weighted by atomic mass is 10.0. The molecule has 0 amide bonds. The number of piperazine rings is 1. The summed E-state index contributed by atoms with van der Waals surface area (Å²) in [6.07, 6.45) is 0. The molecule has 1 fully saturated rings. The van der Waals surface area contributed by atoms with Crippen molar-refractivity contribution in [1.29, 1.82) is 0 Å². The molecule has 1 saturated heterocycles. The Balaban J connectivity index is 0.00000144. The summed E-state index contributed by atoms with van der Waals surface area (Å²) < 4.78 is 10.6. The van der Waals surface area contributed by atoms with Crippen molar-refractivity contribution >= 4 is 12.4 Å². The lowest BCUT2D eigenvalue weighted by molar-refractivity contribution is 0.373. The van der Waals surface area contributed by atoms with Gasteiger partial charge in [0.1, 0.15) is 11.5 Å². The van der Waals surface area contributed by atoms with Crippen molar-refractivity contribution in [3.8, 4) is 11.5 Å². The van der Waals surface area contributed by atoms with Crippen molar-refractivity contribution in [3.05, 3.63) is 23.8 Å². The Morgan fingerprint density at radius 2 is 2.00 bits per heavy atom. The molecule has 5 heteroatoms. The molecule has 0 aromatic heterocycles. The van der Waals surface area contributed by atoms with Crippen LogP contribution in [0, 0.1) is 0 Å². The van der Waals surface area contributed by atoms with Gasteiger partial charge in [0.25, 0.3) is 0 Å². The first-order valence-electron chi connectivity index (χ1n) is 5.51. The number of halogens is 1. The molecule has 2 N–H and O–H groups in total. The van der Waals surface area contributed by atoms with Crippen LogP contribution in [0.5, 0.6) is 11.5 Å². The van der Waals surface area contributed by atoms with Crippen molar-refractivity contribution in [3.63, 3.8) is 0 Å². The van der Waals surface area contributed by atoms with Gasteiger partial charge in [0.15, 0.2) is 0 Å². The second kappa shape index (κ2) is 6.69. The number of nitrogens with one attached hydrogen (secondary N) is 2. The number of hydrogen-bond acceptors (Lipinski definition) is 4. The lowest BCUT2D eigenvalue weighted by Gasteiger charge is -2.26. The van der Waals surface area contributed by atoms with Crippen LogP contribution in [-0.4, -0.2) is 33.9 Å². The zero-order valence-corrected chi connectivity index (χ0v) is 11.0. The summed E-state index contributed by atoms with van der Waals surface area (Å²) in [6, 6.07) is 6.26. The van der Waals surface area contributed by atoms with Crippen LogP contribution in [0.1, 0.15) is 11.6 Å². The van der Waals surface area contributed by atoms with Crippen LogP contribution in [0.4, 0.5) is 0 Å². The number of rotatable bonds is 3. The standard InChI is InChI=1S/C12H18N2O2.ClH/c1-15-9-3-4-10(12(7-9)16-2)11-8-13-5-6-14-11;/h3-4,7,11,13-14H,5-6,8H2,1-2H3;1H/t11-;/m1./s1. The van der Waals surface area contributed by atoms with E-state index in [0.29, 0.717) is 6.04 Å². The second-order valence-corrected chi connectivity index (χ2v) is 3.82. The Morgan fingerprint density at radius 1 is 1.18 bits per heavy atom. The van der Waals surface area contributed by atoms with Crippen molar-refractivity contribution in [2.75, 3.05) is 33.9 Å². The van der Waals surface area contributed by atoms with E-state index in [1.165, 1.54) is 5.56 Å². The molecular weight excluding hydrogens is 240 g/mol. The molecule has 0 radical (unpaired) electrons. The normalized spacial score (nSPS) is 19.3. The predicted octanol–water partition coefficient (Wildman–Crippen LogP) is 1.36. The minimum absolute atomic E-state index is 0. The average Bonchev–Trinajstić information content (AvgIpc) is 2.39. The fourth-order valence-corrected chi connectivity index (χ4v) is 1.98. The molecule has 1 atom stereocenters. The SMILES string of the molecule is COc1ccc([C@H]2CNCCN2)c(OC)c1.Cl. The Labute approximate surface area is 108 Å². The summed E-state index contributed by atoms with van der Waals surface area (Å²) in [5.74, 6) is 1.70. The molecule has 4 nitrogen and oxygen atoms in total. The van der Waals surface area contributed by atoms with Gasteiger partial charge < -0.3 is 20.1 Å². The van der Waals surface area contributed by atoms with Crippen LogP contribution in [0.3, 0.4) is 0 Å². The Bertz CT molecular complexity index is 354. The Hall–Kier alpha value is -0.970. The summed E-state index contributed by atoms with van der Waals surface area (Å²) >= 11 is 0. The van der Waals surface area contributed by atoms with Gasteiger partial charge in [-0.05, 0) is 6.07 Å². The molecule has 0 saturated carbocycles. The van der Waals surface area contributed by atoms with E-state index in [-0.39, 0.29) is 12.4 Å². The first kappa shape index (κ1) is 14.1. The molecule has 1 aliphatic heterocycles. The van der Waals surface area contributed by atoms with Gasteiger partial charge in [-0.3, -0.25) is 0 Å². The molecule has 1 aromatic rings. The highest BCUT2D eigenvalue weighted by Gasteiger charge is 2.18. The lowest BCUT2D eigenvalue weighted by Crippen LogP contribution is -2.42. The van der Waals surface area contributed by atoms with E-state index >= 15 is 0 Å². The maximum atomic E-state index is 5.39. The van der Waals surface area contributed by atoms with Gasteiger partial charge in [0, 0.05) is 37.3 Å². The highest BCUT2D eigenvalue weighted by molar-refractivity contribution is 5.85. The largest absolute Gasteiger partial charge is 0.497 e. The van der Waals surface area contributed by atoms with E-state index in [1.807, 2.05) is 12.1 Å². The van der Waals surface area contributed by atoms with Crippen molar-refractivity contribution in [1.82, 2.24) is 10.6 Å². The van der Waals surface area contributed by atoms with E-state index in [9.17, 15) is 0 Å². The van der Waals surface area contributed by atoms with Crippen LogP contribution in [0.2, 0.25) is 0 Å². The summed E-state index contributed by atoms with van der Waals surface area (Å²) in [6.45, 7) is 2.94. The maximum absolute atomic E-state index is 5.39. The summed E-state index contributed by atoms with van der Waals surface area (Å²) in [5.41, 5.74) is 1.18. The van der Waals surface area contributed by atoms with E-state index in [4.69, 9.17) is 9.47 Å². The van der Waals surface area contributed by atoms with Gasteiger partial charge in [0.2, 0.25) is 0 Å². The quantitative estimate of drug-likeness (QED) is 0.859. The van der Waals surface area contributed by atoms with E-state index < -0.39 is 0 Å². The fraction of sp³-hybridized carbons (Fsp3) is 0.500. The number of ether oxygens (including phenoxy) is 2. The fourth-order valence-electron chi connectivity index (χ4n) is 1.98. The number of hydrogen-bond donors (Lipinski definition) is 2. The van der Waals surface area contributed by atoms with Crippen molar-refractivity contribution in [2.45, 2.75) is 6.04 Å². The highest BCUT2D eigenvalue weighted by Crippen LogP contribution is 2.29. The molecule has 1 aliphatic rings. The van der Waals surface area contributed by atoms with Gasteiger partial charge in [-0.25, -0.2) is 0 Å². The topological polar surface area (TPSA) is 42.5 Å². The van der Waals surface area contributed by atoms with Crippen molar-refractivity contribution in [2.24, 2.45) is 0 Å². The van der Waals surface area contributed by atoms with Gasteiger partial charge in [-0.15, -0.1) is 12.4 Å². The maximum Gasteiger partial charge on any atom is 0.127 e. The van der Waals surface area contributed by atoms with Gasteiger partial charge in [-0.2, -0.15) is 0 Å². The van der Waals surface area contributed by atoms with E-state index in [0.717, 1.165) is 31.1 Å².